The van der Waals surface area contributed by atoms with Crippen LogP contribution in [0.4, 0.5) is 0 Å². The quantitative estimate of drug-likeness (QED) is 0.565. The summed E-state index contributed by atoms with van der Waals surface area (Å²) in [6.07, 6.45) is 0. The SMILES string of the molecule is CC1(C)C2=NC(=C3N=NC(=N3)C(C)(C)c3cccc(c3)-c3cccc1c3)N=N2. The van der Waals surface area contributed by atoms with Crippen molar-refractivity contribution in [1.82, 2.24) is 0 Å². The number of hydrogen-bond acceptors (Lipinski definition) is 6. The summed E-state index contributed by atoms with van der Waals surface area (Å²) in [4.78, 5) is 9.28. The first-order chi connectivity index (χ1) is 13.4. The second-order valence-corrected chi connectivity index (χ2v) is 8.33. The first-order valence-electron chi connectivity index (χ1n) is 9.33. The van der Waals surface area contributed by atoms with Gasteiger partial charge in [-0.05, 0) is 49.9 Å². The minimum absolute atomic E-state index is 0.398. The lowest BCUT2D eigenvalue weighted by Crippen LogP contribution is -2.27. The molecule has 6 heteroatoms. The minimum atomic E-state index is -0.398. The van der Waals surface area contributed by atoms with E-state index < -0.39 is 10.8 Å². The van der Waals surface area contributed by atoms with Gasteiger partial charge in [-0.3, -0.25) is 0 Å². The fourth-order valence-electron chi connectivity index (χ4n) is 3.63. The fourth-order valence-corrected chi connectivity index (χ4v) is 3.63. The summed E-state index contributed by atoms with van der Waals surface area (Å²) in [6.45, 7) is 8.42. The van der Waals surface area contributed by atoms with Crippen molar-refractivity contribution in [2.75, 3.05) is 0 Å². The Balaban J connectivity index is 1.82. The van der Waals surface area contributed by atoms with Crippen molar-refractivity contribution in [3.8, 4) is 11.1 Å². The third-order valence-electron chi connectivity index (χ3n) is 5.72. The van der Waals surface area contributed by atoms with Gasteiger partial charge in [0, 0.05) is 0 Å². The van der Waals surface area contributed by atoms with Gasteiger partial charge in [0.15, 0.2) is 11.7 Å². The maximum atomic E-state index is 4.64. The highest BCUT2D eigenvalue weighted by Crippen LogP contribution is 2.37. The second-order valence-electron chi connectivity index (χ2n) is 8.33. The Kier molecular flexibility index (Phi) is 3.38. The van der Waals surface area contributed by atoms with Gasteiger partial charge in [0.05, 0.1) is 10.8 Å². The maximum absolute atomic E-state index is 4.64. The van der Waals surface area contributed by atoms with Crippen LogP contribution in [0.5, 0.6) is 0 Å². The van der Waals surface area contributed by atoms with Crippen molar-refractivity contribution in [1.29, 1.82) is 0 Å². The molecule has 2 aromatic carbocycles. The molecule has 3 aliphatic heterocycles. The molecule has 2 aromatic rings. The van der Waals surface area contributed by atoms with E-state index in [4.69, 9.17) is 0 Å². The third kappa shape index (κ3) is 2.41. The largest absolute Gasteiger partial charge is 0.223 e. The van der Waals surface area contributed by atoms with E-state index in [0.29, 0.717) is 23.3 Å². The highest BCUT2D eigenvalue weighted by Gasteiger charge is 2.35. The first-order valence-corrected chi connectivity index (χ1v) is 9.33. The summed E-state index contributed by atoms with van der Waals surface area (Å²) in [6, 6.07) is 17.1. The van der Waals surface area contributed by atoms with Crippen LogP contribution in [-0.2, 0) is 10.8 Å². The van der Waals surface area contributed by atoms with Crippen LogP contribution in [-0.4, -0.2) is 11.7 Å². The van der Waals surface area contributed by atoms with Crippen LogP contribution in [0.3, 0.4) is 0 Å². The van der Waals surface area contributed by atoms with Gasteiger partial charge in [0.25, 0.3) is 0 Å². The number of benzene rings is 2. The topological polar surface area (TPSA) is 74.2 Å². The van der Waals surface area contributed by atoms with Crippen LogP contribution < -0.4 is 0 Å². The van der Waals surface area contributed by atoms with E-state index in [0.717, 1.165) is 22.3 Å². The van der Waals surface area contributed by atoms with E-state index in [9.17, 15) is 0 Å². The van der Waals surface area contributed by atoms with E-state index in [2.05, 4.69) is 107 Å². The Morgan fingerprint density at radius 3 is 1.43 bits per heavy atom. The molecular formula is C22H20N6. The first kappa shape index (κ1) is 16.9. The monoisotopic (exact) mass is 368 g/mol. The van der Waals surface area contributed by atoms with Crippen molar-refractivity contribution in [2.45, 2.75) is 38.5 Å². The summed E-state index contributed by atoms with van der Waals surface area (Å²) in [5.74, 6) is 2.13. The minimum Gasteiger partial charge on any atom is -0.206 e. The van der Waals surface area contributed by atoms with Gasteiger partial charge in [0.1, 0.15) is 0 Å². The molecule has 0 unspecified atom stereocenters. The summed E-state index contributed by atoms with van der Waals surface area (Å²) < 4.78 is 0. The Labute approximate surface area is 163 Å². The zero-order valence-corrected chi connectivity index (χ0v) is 16.3. The van der Waals surface area contributed by atoms with Crippen LogP contribution in [0.25, 0.3) is 11.1 Å². The zero-order chi connectivity index (χ0) is 19.5. The van der Waals surface area contributed by atoms with Crippen LogP contribution >= 0.6 is 0 Å². The van der Waals surface area contributed by atoms with Crippen LogP contribution in [0, 0.1) is 0 Å². The Bertz CT molecular complexity index is 1070. The lowest BCUT2D eigenvalue weighted by atomic mass is 9.80. The van der Waals surface area contributed by atoms with Gasteiger partial charge in [-0.25, -0.2) is 9.98 Å². The number of hydrogen-bond donors (Lipinski definition) is 0. The molecule has 0 fully saturated rings. The van der Waals surface area contributed by atoms with Crippen molar-refractivity contribution in [3.63, 3.8) is 0 Å². The van der Waals surface area contributed by atoms with E-state index in [1.165, 1.54) is 0 Å². The number of rotatable bonds is 0. The average molecular weight is 368 g/mol. The molecule has 0 spiro atoms. The van der Waals surface area contributed by atoms with Crippen LogP contribution in [0.1, 0.15) is 38.8 Å². The fraction of sp³-hybridized carbons (Fsp3) is 0.273. The molecule has 5 rings (SSSR count). The van der Waals surface area contributed by atoms with Gasteiger partial charge in [-0.15, -0.1) is 20.5 Å². The molecular weight excluding hydrogens is 348 g/mol. The molecule has 28 heavy (non-hydrogen) atoms. The van der Waals surface area contributed by atoms with E-state index in [1.54, 1.807) is 0 Å². The van der Waals surface area contributed by atoms with Crippen molar-refractivity contribution < 1.29 is 0 Å². The molecule has 0 atom stereocenters. The van der Waals surface area contributed by atoms with Gasteiger partial charge >= 0.3 is 0 Å². The lowest BCUT2D eigenvalue weighted by molar-refractivity contribution is 0.709. The zero-order valence-electron chi connectivity index (χ0n) is 16.3. The second kappa shape index (κ2) is 5.61. The van der Waals surface area contributed by atoms with Crippen LogP contribution in [0.15, 0.2) is 90.6 Å². The molecule has 0 radical (unpaired) electrons. The van der Waals surface area contributed by atoms with Crippen molar-refractivity contribution >= 4 is 11.7 Å². The Morgan fingerprint density at radius 1 is 0.571 bits per heavy atom. The van der Waals surface area contributed by atoms with Crippen molar-refractivity contribution in [3.05, 3.63) is 71.3 Å². The standard InChI is InChI=1S/C22H20N6/c1-21(2)15-9-5-7-13(11-15)14-8-6-10-16(12-14)22(3,4)20-24-18(26-28-20)17-23-19(21)27-25-17/h5-12H,1-4H3. The molecule has 0 aliphatic carbocycles. The smallest absolute Gasteiger partial charge is 0.206 e. The predicted molar refractivity (Wildman–Crippen MR) is 110 cm³/mol. The molecule has 8 bridgehead atoms. The molecule has 0 saturated heterocycles. The molecule has 0 aromatic heterocycles. The molecule has 138 valence electrons. The third-order valence-corrected chi connectivity index (χ3v) is 5.72. The number of azo groups is 2. The normalized spacial score (nSPS) is 20.7. The molecule has 3 heterocycles. The number of nitrogens with zero attached hydrogens (tertiary/aromatic N) is 6. The van der Waals surface area contributed by atoms with E-state index in [1.807, 2.05) is 0 Å². The average Bonchev–Trinajstić information content (AvgIpc) is 3.37. The summed E-state index contributed by atoms with van der Waals surface area (Å²) in [5, 5.41) is 17.2. The highest BCUT2D eigenvalue weighted by molar-refractivity contribution is 5.96. The number of amidine groups is 2. The molecule has 6 nitrogen and oxygen atoms in total. The van der Waals surface area contributed by atoms with Gasteiger partial charge in [-0.1, -0.05) is 48.5 Å². The Hall–Kier alpha value is -3.28. The number of fused-ring (bicyclic) bond motifs is 7. The highest BCUT2D eigenvalue weighted by atomic mass is 15.3. The maximum Gasteiger partial charge on any atom is 0.223 e. The summed E-state index contributed by atoms with van der Waals surface area (Å²) in [7, 11) is 0. The van der Waals surface area contributed by atoms with Gasteiger partial charge in [0.2, 0.25) is 11.6 Å². The van der Waals surface area contributed by atoms with Crippen LogP contribution in [0.2, 0.25) is 0 Å². The summed E-state index contributed by atoms with van der Waals surface area (Å²) in [5.41, 5.74) is 3.78. The Morgan fingerprint density at radius 2 is 1.00 bits per heavy atom. The molecule has 3 aliphatic rings. The van der Waals surface area contributed by atoms with Crippen molar-refractivity contribution in [2.24, 2.45) is 30.4 Å². The van der Waals surface area contributed by atoms with E-state index in [-0.39, 0.29) is 0 Å². The molecule has 0 saturated carbocycles. The van der Waals surface area contributed by atoms with E-state index >= 15 is 0 Å². The molecule has 0 N–H and O–H groups in total. The summed E-state index contributed by atoms with van der Waals surface area (Å²) >= 11 is 0. The lowest BCUT2D eigenvalue weighted by Gasteiger charge is -2.25. The molecule has 0 amide bonds. The van der Waals surface area contributed by atoms with Gasteiger partial charge in [-0.2, -0.15) is 0 Å². The number of aliphatic imine (C=N–C) groups is 2. The van der Waals surface area contributed by atoms with Gasteiger partial charge < -0.3 is 0 Å². The predicted octanol–water partition coefficient (Wildman–Crippen LogP) is 5.78.